The Morgan fingerprint density at radius 3 is 2.27 bits per heavy atom. The molecule has 0 radical (unpaired) electrons. The van der Waals surface area contributed by atoms with Crippen LogP contribution in [0.1, 0.15) is 30.9 Å². The molecular formula is C30H35Cl2N3O5S. The number of ether oxygens (including phenoxy) is 1. The molecule has 3 aromatic carbocycles. The average Bonchev–Trinajstić information content (AvgIpc) is 2.95. The molecule has 0 unspecified atom stereocenters. The minimum absolute atomic E-state index is 0.00638. The lowest BCUT2D eigenvalue weighted by Crippen LogP contribution is -2.49. The number of rotatable bonds is 14. The Kier molecular flexibility index (Phi) is 11.9. The first-order valence-electron chi connectivity index (χ1n) is 13.2. The van der Waals surface area contributed by atoms with Crippen LogP contribution in [-0.2, 0) is 32.6 Å². The van der Waals surface area contributed by atoms with Gasteiger partial charge in [-0.05, 0) is 48.7 Å². The Balaban J connectivity index is 1.88. The fraction of sp³-hybridized carbons (Fsp3) is 0.333. The smallest absolute Gasteiger partial charge is 0.242 e. The molecule has 220 valence electrons. The number of nitrogens with zero attached hydrogens (tertiary/aromatic N) is 2. The van der Waals surface area contributed by atoms with Crippen molar-refractivity contribution in [2.75, 3.05) is 30.8 Å². The molecule has 8 nitrogen and oxygen atoms in total. The van der Waals surface area contributed by atoms with Crippen molar-refractivity contribution in [3.05, 3.63) is 94.0 Å². The van der Waals surface area contributed by atoms with Crippen LogP contribution in [0.5, 0.6) is 5.75 Å². The topological polar surface area (TPSA) is 96.0 Å². The van der Waals surface area contributed by atoms with Gasteiger partial charge in [-0.1, -0.05) is 71.7 Å². The molecule has 2 amide bonds. The summed E-state index contributed by atoms with van der Waals surface area (Å²) < 4.78 is 32.4. The van der Waals surface area contributed by atoms with E-state index < -0.39 is 16.1 Å². The second kappa shape index (κ2) is 15.1. The van der Waals surface area contributed by atoms with Crippen LogP contribution >= 0.6 is 23.2 Å². The van der Waals surface area contributed by atoms with E-state index in [1.165, 1.54) is 16.3 Å². The van der Waals surface area contributed by atoms with E-state index in [4.69, 9.17) is 27.9 Å². The van der Waals surface area contributed by atoms with Gasteiger partial charge in [0, 0.05) is 33.0 Å². The second-order valence-electron chi connectivity index (χ2n) is 9.43. The summed E-state index contributed by atoms with van der Waals surface area (Å²) >= 11 is 12.3. The summed E-state index contributed by atoms with van der Waals surface area (Å²) in [5.74, 6) is -0.173. The van der Waals surface area contributed by atoms with Crippen molar-refractivity contribution in [1.29, 1.82) is 0 Å². The van der Waals surface area contributed by atoms with Crippen LogP contribution in [0.3, 0.4) is 0 Å². The number of carbonyl (C=O) groups excluding carboxylic acids is 2. The Morgan fingerprint density at radius 1 is 0.951 bits per heavy atom. The highest BCUT2D eigenvalue weighted by Crippen LogP contribution is 2.30. The minimum atomic E-state index is -3.67. The van der Waals surface area contributed by atoms with Gasteiger partial charge in [0.2, 0.25) is 21.8 Å². The van der Waals surface area contributed by atoms with Crippen molar-refractivity contribution in [3.8, 4) is 5.75 Å². The zero-order valence-electron chi connectivity index (χ0n) is 23.3. The lowest BCUT2D eigenvalue weighted by Gasteiger charge is -2.32. The van der Waals surface area contributed by atoms with E-state index in [0.29, 0.717) is 40.1 Å². The lowest BCUT2D eigenvalue weighted by molar-refractivity contribution is -0.141. The third-order valence-corrected chi connectivity index (χ3v) is 8.36. The number of para-hydroxylation sites is 2. The summed E-state index contributed by atoms with van der Waals surface area (Å²) in [5, 5.41) is 3.40. The van der Waals surface area contributed by atoms with Crippen LogP contribution in [-0.4, -0.2) is 57.6 Å². The van der Waals surface area contributed by atoms with Gasteiger partial charge >= 0.3 is 0 Å². The van der Waals surface area contributed by atoms with E-state index in [1.807, 2.05) is 37.3 Å². The fourth-order valence-corrected chi connectivity index (χ4v) is 5.77. The molecule has 3 rings (SSSR count). The van der Waals surface area contributed by atoms with Crippen LogP contribution < -0.4 is 14.4 Å². The normalized spacial score (nSPS) is 11.9. The van der Waals surface area contributed by atoms with Gasteiger partial charge in [-0.25, -0.2) is 8.42 Å². The van der Waals surface area contributed by atoms with Crippen LogP contribution in [0.4, 0.5) is 5.69 Å². The fourth-order valence-electron chi connectivity index (χ4n) is 4.48. The number of hydrogen-bond acceptors (Lipinski definition) is 5. The van der Waals surface area contributed by atoms with Crippen molar-refractivity contribution in [1.82, 2.24) is 10.2 Å². The molecule has 41 heavy (non-hydrogen) atoms. The number of likely N-dealkylation sites (N-methyl/N-ethyl adjacent to an activating group) is 1. The van der Waals surface area contributed by atoms with Crippen LogP contribution in [0.2, 0.25) is 10.0 Å². The number of benzene rings is 3. The Hall–Kier alpha value is -3.27. The Bertz CT molecular complexity index is 1440. The van der Waals surface area contributed by atoms with Crippen LogP contribution in [0.25, 0.3) is 0 Å². The van der Waals surface area contributed by atoms with Gasteiger partial charge in [-0.15, -0.1) is 0 Å². The molecule has 0 heterocycles. The van der Waals surface area contributed by atoms with Crippen molar-refractivity contribution in [2.24, 2.45) is 0 Å². The lowest BCUT2D eigenvalue weighted by atomic mass is 10.0. The molecule has 1 N–H and O–H groups in total. The van der Waals surface area contributed by atoms with Gasteiger partial charge in [-0.3, -0.25) is 13.9 Å². The highest BCUT2D eigenvalue weighted by molar-refractivity contribution is 7.92. The molecular weight excluding hydrogens is 585 g/mol. The maximum Gasteiger partial charge on any atom is 0.242 e. The van der Waals surface area contributed by atoms with Crippen molar-refractivity contribution < 1.29 is 22.7 Å². The minimum Gasteiger partial charge on any atom is -0.492 e. The number of sulfonamides is 1. The van der Waals surface area contributed by atoms with Crippen molar-refractivity contribution in [3.63, 3.8) is 0 Å². The summed E-state index contributed by atoms with van der Waals surface area (Å²) in [6.07, 6.45) is 1.64. The van der Waals surface area contributed by atoms with E-state index >= 15 is 0 Å². The maximum atomic E-state index is 13.8. The zero-order chi connectivity index (χ0) is 30.0. The third-order valence-electron chi connectivity index (χ3n) is 6.44. The predicted octanol–water partition coefficient (Wildman–Crippen LogP) is 5.32. The van der Waals surface area contributed by atoms with Crippen LogP contribution in [0, 0.1) is 0 Å². The average molecular weight is 621 g/mol. The van der Waals surface area contributed by atoms with Crippen molar-refractivity contribution >= 4 is 50.7 Å². The quantitative estimate of drug-likeness (QED) is 0.263. The molecule has 0 fully saturated rings. The number of amides is 2. The molecule has 0 spiro atoms. The summed E-state index contributed by atoms with van der Waals surface area (Å²) in [6, 6.07) is 20.6. The Labute approximate surface area is 252 Å². The van der Waals surface area contributed by atoms with E-state index in [9.17, 15) is 18.0 Å². The second-order valence-corrected chi connectivity index (χ2v) is 12.2. The van der Waals surface area contributed by atoms with Gasteiger partial charge in [0.15, 0.2) is 0 Å². The zero-order valence-corrected chi connectivity index (χ0v) is 25.7. The first-order valence-corrected chi connectivity index (χ1v) is 15.8. The van der Waals surface area contributed by atoms with E-state index in [2.05, 4.69) is 5.32 Å². The largest absolute Gasteiger partial charge is 0.492 e. The molecule has 0 aliphatic carbocycles. The summed E-state index contributed by atoms with van der Waals surface area (Å²) in [5.41, 5.74) is 2.01. The monoisotopic (exact) mass is 619 g/mol. The molecule has 3 aromatic rings. The number of carbonyl (C=O) groups is 2. The first kappa shape index (κ1) is 32.2. The number of anilines is 1. The molecule has 0 aromatic heterocycles. The summed E-state index contributed by atoms with van der Waals surface area (Å²) in [4.78, 5) is 28.4. The van der Waals surface area contributed by atoms with Gasteiger partial charge in [0.1, 0.15) is 11.8 Å². The molecule has 0 saturated heterocycles. The predicted molar refractivity (Wildman–Crippen MR) is 164 cm³/mol. The van der Waals surface area contributed by atoms with E-state index in [0.717, 1.165) is 11.8 Å². The molecule has 0 aliphatic rings. The number of nitrogens with one attached hydrogen (secondary N) is 1. The van der Waals surface area contributed by atoms with Gasteiger partial charge < -0.3 is 15.0 Å². The first-order chi connectivity index (χ1) is 19.5. The molecule has 0 aliphatic heterocycles. The number of halogens is 2. The number of hydrogen-bond donors (Lipinski definition) is 1. The van der Waals surface area contributed by atoms with Gasteiger partial charge in [-0.2, -0.15) is 0 Å². The molecule has 11 heteroatoms. The van der Waals surface area contributed by atoms with E-state index in [1.54, 1.807) is 42.5 Å². The summed E-state index contributed by atoms with van der Waals surface area (Å²) in [7, 11) is -2.14. The van der Waals surface area contributed by atoms with E-state index in [-0.39, 0.29) is 37.7 Å². The van der Waals surface area contributed by atoms with Crippen LogP contribution in [0.15, 0.2) is 72.8 Å². The standard InChI is InChI=1S/C30H35Cl2N3O5S/c1-4-40-28-14-9-8-13-26(28)35(41(3,38)39)18-10-15-29(36)34(21-23-16-17-24(31)25(32)19-23)27(30(37)33-2)20-22-11-6-5-7-12-22/h5-9,11-14,16-17,19,27H,4,10,15,18,20-21H2,1-3H3,(H,33,37)/t27-/m1/s1. The van der Waals surface area contributed by atoms with Gasteiger partial charge in [0.25, 0.3) is 0 Å². The highest BCUT2D eigenvalue weighted by Gasteiger charge is 2.30. The Morgan fingerprint density at radius 2 is 1.63 bits per heavy atom. The molecule has 1 atom stereocenters. The SMILES string of the molecule is CCOc1ccccc1N(CCCC(=O)N(Cc1ccc(Cl)c(Cl)c1)[C@H](Cc1ccccc1)C(=O)NC)S(C)(=O)=O. The summed E-state index contributed by atoms with van der Waals surface area (Å²) in [6.45, 7) is 2.36. The third kappa shape index (κ3) is 9.11. The maximum absolute atomic E-state index is 13.8. The highest BCUT2D eigenvalue weighted by atomic mass is 35.5. The molecule has 0 bridgehead atoms. The van der Waals surface area contributed by atoms with Crippen molar-refractivity contribution in [2.45, 2.75) is 38.8 Å². The molecule has 0 saturated carbocycles. The van der Waals surface area contributed by atoms with Gasteiger partial charge in [0.05, 0.1) is 28.6 Å².